The van der Waals surface area contributed by atoms with Crippen molar-refractivity contribution in [1.82, 2.24) is 9.97 Å². The number of aromatic amines is 1. The molecule has 0 fully saturated rings. The van der Waals surface area contributed by atoms with Crippen molar-refractivity contribution in [2.75, 3.05) is 0 Å². The van der Waals surface area contributed by atoms with E-state index in [0.29, 0.717) is 18.0 Å². The average Bonchev–Trinajstić information content (AvgIpc) is 3.15. The number of allylic oxidation sites excluding steroid dienone is 1. The summed E-state index contributed by atoms with van der Waals surface area (Å²) in [6.45, 7) is 2.55. The van der Waals surface area contributed by atoms with Crippen LogP contribution in [0.2, 0.25) is 0 Å². The van der Waals surface area contributed by atoms with Crippen LogP contribution in [0.4, 0.5) is 0 Å². The Bertz CT molecular complexity index is 1280. The predicted octanol–water partition coefficient (Wildman–Crippen LogP) is 6.72. The van der Waals surface area contributed by atoms with Crippen LogP contribution in [0.5, 0.6) is 5.75 Å². The van der Waals surface area contributed by atoms with Gasteiger partial charge in [-0.25, -0.2) is 4.98 Å². The summed E-state index contributed by atoms with van der Waals surface area (Å²) in [6.07, 6.45) is 1.84. The van der Waals surface area contributed by atoms with Crippen LogP contribution in [0.25, 0.3) is 22.7 Å². The Morgan fingerprint density at radius 1 is 1.10 bits per heavy atom. The normalized spacial score (nSPS) is 11.5. The Morgan fingerprint density at radius 3 is 2.63 bits per heavy atom. The molecule has 1 heterocycles. The molecule has 0 aliphatic carbocycles. The Kier molecular flexibility index (Phi) is 6.39. The van der Waals surface area contributed by atoms with Crippen LogP contribution in [-0.4, -0.2) is 9.97 Å². The number of fused-ring (bicyclic) bond motifs is 1. The van der Waals surface area contributed by atoms with Gasteiger partial charge >= 0.3 is 0 Å². The number of halogens is 2. The van der Waals surface area contributed by atoms with Crippen molar-refractivity contribution in [1.29, 1.82) is 5.26 Å². The maximum atomic E-state index is 9.67. The maximum Gasteiger partial charge on any atom is 0.149 e. The van der Waals surface area contributed by atoms with E-state index in [1.165, 1.54) is 3.57 Å². The number of aromatic nitrogens is 2. The summed E-state index contributed by atoms with van der Waals surface area (Å²) in [4.78, 5) is 7.80. The highest BCUT2D eigenvalue weighted by Gasteiger charge is 2.09. The highest BCUT2D eigenvalue weighted by atomic mass is 127. The quantitative estimate of drug-likeness (QED) is 0.200. The smallest absolute Gasteiger partial charge is 0.149 e. The van der Waals surface area contributed by atoms with Crippen molar-refractivity contribution in [3.8, 4) is 11.8 Å². The van der Waals surface area contributed by atoms with Crippen molar-refractivity contribution in [3.05, 3.63) is 90.3 Å². The van der Waals surface area contributed by atoms with Crippen LogP contribution in [0.1, 0.15) is 22.5 Å². The standard InChI is InChI=1S/C24H17I2N3O/c1-15-2-8-21-22(10-15)29-24(28-21)18(13-27)11-17-5-9-23(20(26)12-17)30-14-16-3-6-19(25)7-4-16/h2-12H,14H2,1H3,(H,28,29)/b18-11-. The van der Waals surface area contributed by atoms with E-state index in [1.54, 1.807) is 0 Å². The Hall–Kier alpha value is -2.38. The van der Waals surface area contributed by atoms with E-state index >= 15 is 0 Å². The zero-order chi connectivity index (χ0) is 21.1. The average molecular weight is 617 g/mol. The molecular weight excluding hydrogens is 600 g/mol. The molecule has 4 nitrogen and oxygen atoms in total. The molecule has 0 aliphatic heterocycles. The van der Waals surface area contributed by atoms with Crippen molar-refractivity contribution in [3.63, 3.8) is 0 Å². The van der Waals surface area contributed by atoms with E-state index in [4.69, 9.17) is 4.74 Å². The molecule has 3 aromatic carbocycles. The van der Waals surface area contributed by atoms with Crippen molar-refractivity contribution >= 4 is 67.9 Å². The highest BCUT2D eigenvalue weighted by Crippen LogP contribution is 2.26. The largest absolute Gasteiger partial charge is 0.488 e. The number of H-pyrrole nitrogens is 1. The molecule has 0 aliphatic rings. The summed E-state index contributed by atoms with van der Waals surface area (Å²) in [7, 11) is 0. The predicted molar refractivity (Wildman–Crippen MR) is 137 cm³/mol. The van der Waals surface area contributed by atoms with Crippen LogP contribution in [0.3, 0.4) is 0 Å². The zero-order valence-electron chi connectivity index (χ0n) is 16.1. The zero-order valence-corrected chi connectivity index (χ0v) is 20.4. The maximum absolute atomic E-state index is 9.67. The van der Waals surface area contributed by atoms with Gasteiger partial charge in [0.15, 0.2) is 0 Å². The van der Waals surface area contributed by atoms with Gasteiger partial charge in [0.25, 0.3) is 0 Å². The van der Waals surface area contributed by atoms with Crippen LogP contribution >= 0.6 is 45.2 Å². The highest BCUT2D eigenvalue weighted by molar-refractivity contribution is 14.1. The van der Waals surface area contributed by atoms with Gasteiger partial charge < -0.3 is 9.72 Å². The molecule has 0 saturated carbocycles. The number of rotatable bonds is 5. The summed E-state index contributed by atoms with van der Waals surface area (Å²) in [6, 6.07) is 22.4. The van der Waals surface area contributed by atoms with Gasteiger partial charge in [-0.3, -0.25) is 0 Å². The first kappa shape index (κ1) is 20.9. The summed E-state index contributed by atoms with van der Waals surface area (Å²) >= 11 is 4.55. The molecule has 0 radical (unpaired) electrons. The molecule has 0 bridgehead atoms. The van der Waals surface area contributed by atoms with E-state index in [2.05, 4.69) is 85.5 Å². The molecule has 6 heteroatoms. The minimum Gasteiger partial charge on any atom is -0.488 e. The first-order chi connectivity index (χ1) is 14.5. The van der Waals surface area contributed by atoms with Crippen LogP contribution in [0, 0.1) is 25.4 Å². The lowest BCUT2D eigenvalue weighted by Crippen LogP contribution is -1.97. The third-order valence-electron chi connectivity index (χ3n) is 4.59. The van der Waals surface area contributed by atoms with Gasteiger partial charge in [-0.2, -0.15) is 5.26 Å². The summed E-state index contributed by atoms with van der Waals surface area (Å²) in [5.74, 6) is 1.40. The number of nitriles is 1. The van der Waals surface area contributed by atoms with Crippen LogP contribution in [-0.2, 0) is 6.61 Å². The molecule has 0 spiro atoms. The minimum atomic E-state index is 0.493. The minimum absolute atomic E-state index is 0.493. The van der Waals surface area contributed by atoms with E-state index in [0.717, 1.165) is 37.0 Å². The van der Waals surface area contributed by atoms with Crippen molar-refractivity contribution < 1.29 is 4.74 Å². The molecule has 1 aromatic heterocycles. The fourth-order valence-electron chi connectivity index (χ4n) is 3.04. The van der Waals surface area contributed by atoms with E-state index < -0.39 is 0 Å². The summed E-state index contributed by atoms with van der Waals surface area (Å²) in [5.41, 5.74) is 5.48. The van der Waals surface area contributed by atoms with Gasteiger partial charge in [0.05, 0.1) is 20.2 Å². The van der Waals surface area contributed by atoms with E-state index in [1.807, 2.05) is 49.4 Å². The first-order valence-corrected chi connectivity index (χ1v) is 11.4. The van der Waals surface area contributed by atoms with Gasteiger partial charge in [0.2, 0.25) is 0 Å². The fraction of sp³-hybridized carbons (Fsp3) is 0.0833. The number of aryl methyl sites for hydroxylation is 1. The second-order valence-corrected chi connectivity index (χ2v) is 9.29. The first-order valence-electron chi connectivity index (χ1n) is 9.27. The second-order valence-electron chi connectivity index (χ2n) is 6.88. The number of imidazole rings is 1. The molecule has 0 atom stereocenters. The Labute approximate surface area is 202 Å². The summed E-state index contributed by atoms with van der Waals surface area (Å²) < 4.78 is 8.16. The number of nitrogens with zero attached hydrogens (tertiary/aromatic N) is 2. The molecule has 1 N–H and O–H groups in total. The lowest BCUT2D eigenvalue weighted by molar-refractivity contribution is 0.304. The molecular formula is C24H17I2N3O. The number of ether oxygens (including phenoxy) is 1. The number of nitrogens with one attached hydrogen (secondary N) is 1. The Morgan fingerprint density at radius 2 is 1.90 bits per heavy atom. The van der Waals surface area contributed by atoms with E-state index in [-0.39, 0.29) is 0 Å². The molecule has 4 aromatic rings. The number of hydrogen-bond donors (Lipinski definition) is 1. The van der Waals surface area contributed by atoms with Crippen LogP contribution < -0.4 is 4.74 Å². The number of benzene rings is 3. The molecule has 148 valence electrons. The second kappa shape index (κ2) is 9.18. The third kappa shape index (κ3) is 4.84. The Balaban J connectivity index is 1.55. The SMILES string of the molecule is Cc1ccc2nc(/C(C#N)=C\c3ccc(OCc4ccc(I)cc4)c(I)c3)[nH]c2c1. The third-order valence-corrected chi connectivity index (χ3v) is 6.15. The molecule has 4 rings (SSSR count). The topological polar surface area (TPSA) is 61.7 Å². The van der Waals surface area contributed by atoms with E-state index in [9.17, 15) is 5.26 Å². The monoisotopic (exact) mass is 617 g/mol. The molecule has 0 amide bonds. The fourth-order valence-corrected chi connectivity index (χ4v) is 4.09. The van der Waals surface area contributed by atoms with Gasteiger partial charge in [0, 0.05) is 3.57 Å². The molecule has 0 unspecified atom stereocenters. The van der Waals surface area contributed by atoms with Gasteiger partial charge in [0.1, 0.15) is 24.3 Å². The van der Waals surface area contributed by atoms with Gasteiger partial charge in [-0.15, -0.1) is 0 Å². The number of hydrogen-bond acceptors (Lipinski definition) is 3. The molecule has 30 heavy (non-hydrogen) atoms. The molecule has 0 saturated heterocycles. The lowest BCUT2D eigenvalue weighted by atomic mass is 10.1. The summed E-state index contributed by atoms with van der Waals surface area (Å²) in [5, 5.41) is 9.67. The van der Waals surface area contributed by atoms with Gasteiger partial charge in [-0.1, -0.05) is 24.3 Å². The van der Waals surface area contributed by atoms with Crippen molar-refractivity contribution in [2.24, 2.45) is 0 Å². The van der Waals surface area contributed by atoms with Gasteiger partial charge in [-0.05, 0) is 111 Å². The van der Waals surface area contributed by atoms with Crippen LogP contribution in [0.15, 0.2) is 60.7 Å². The lowest BCUT2D eigenvalue weighted by Gasteiger charge is -2.09. The van der Waals surface area contributed by atoms with Crippen molar-refractivity contribution in [2.45, 2.75) is 13.5 Å².